The summed E-state index contributed by atoms with van der Waals surface area (Å²) < 4.78 is 16.9. The maximum Gasteiger partial charge on any atom is 0.164 e. The Balaban J connectivity index is 0.000000110. The second-order valence-electron chi connectivity index (χ2n) is 40.3. The topological polar surface area (TPSA) is 93.7 Å². The van der Waals surface area contributed by atoms with Crippen LogP contribution in [0.4, 0.5) is 17.1 Å². The number of benzene rings is 17. The first-order valence-corrected chi connectivity index (χ1v) is 50.9. The van der Waals surface area contributed by atoms with Gasteiger partial charge in [0.05, 0.1) is 0 Å². The van der Waals surface area contributed by atoms with E-state index in [0.717, 1.165) is 61.0 Å². The number of aromatic nitrogens is 6. The molecular formula is C126H97N7OS4. The van der Waals surface area contributed by atoms with Gasteiger partial charge in [0.15, 0.2) is 34.9 Å². The molecule has 3 aliphatic carbocycles. The lowest BCUT2D eigenvalue weighted by atomic mass is 9.55. The Hall–Kier alpha value is -14.8. The van der Waals surface area contributed by atoms with Crippen LogP contribution in [0.15, 0.2) is 374 Å². The van der Waals surface area contributed by atoms with Crippen LogP contribution < -0.4 is 4.90 Å². The van der Waals surface area contributed by atoms with Crippen LogP contribution in [0, 0.1) is 0 Å². The maximum atomic E-state index is 6.26. The van der Waals surface area contributed by atoms with Gasteiger partial charge in [0.2, 0.25) is 0 Å². The number of rotatable bonds is 9. The second kappa shape index (κ2) is 31.9. The van der Waals surface area contributed by atoms with E-state index in [1.807, 2.05) is 130 Å². The van der Waals surface area contributed by atoms with E-state index in [1.54, 1.807) is 0 Å². The second-order valence-corrected chi connectivity index (χ2v) is 44.7. The quantitative estimate of drug-likeness (QED) is 0.141. The van der Waals surface area contributed by atoms with Crippen molar-refractivity contribution in [3.63, 3.8) is 0 Å². The molecule has 7 heterocycles. The molecule has 7 aromatic heterocycles. The average molecular weight is 1850 g/mol. The highest BCUT2D eigenvalue weighted by Gasteiger charge is 2.50. The SMILES string of the molecule is CC1(C)c2cc(-c3nc(-c4ccccc4)nc(-c4cccc5oc6ccccc6c45)n3)ccc2-c2c(ccc3sc4ccccc4c23)C1(C)C.CC1(C)c2cc(-c3nc(-c4ccccc4)nc(-c4ccccc4)n3)ccc2-c2c(ccc3sc4ccccc4c23)C1(C)C.CC1(C)c2ccc(N(c3ccccc3)c3ccc4sc5ccccc5c4c3)cc2-c2cc3sc4ccccc4c3cc2C1(C)C. The van der Waals surface area contributed by atoms with Crippen molar-refractivity contribution in [3.8, 4) is 102 Å². The highest BCUT2D eigenvalue weighted by molar-refractivity contribution is 7.27. The lowest BCUT2D eigenvalue weighted by molar-refractivity contribution is 0.299. The van der Waals surface area contributed by atoms with Gasteiger partial charge in [-0.15, -0.1) is 45.3 Å². The molecule has 0 amide bonds. The molecule has 666 valence electrons. The van der Waals surface area contributed by atoms with Gasteiger partial charge in [0.25, 0.3) is 0 Å². The number of para-hydroxylation sites is 2. The van der Waals surface area contributed by atoms with Gasteiger partial charge < -0.3 is 9.32 Å². The lowest BCUT2D eigenvalue weighted by Crippen LogP contribution is -2.43. The van der Waals surface area contributed by atoms with E-state index in [0.29, 0.717) is 34.9 Å². The van der Waals surface area contributed by atoms with E-state index >= 15 is 0 Å². The zero-order valence-electron chi connectivity index (χ0n) is 78.9. The van der Waals surface area contributed by atoms with Crippen molar-refractivity contribution < 1.29 is 4.42 Å². The van der Waals surface area contributed by atoms with Gasteiger partial charge in [-0.25, -0.2) is 29.9 Å². The summed E-state index contributed by atoms with van der Waals surface area (Å²) in [6.07, 6.45) is 0. The molecule has 0 saturated carbocycles. The molecule has 0 spiro atoms. The van der Waals surface area contributed by atoms with Gasteiger partial charge in [0, 0.05) is 142 Å². The van der Waals surface area contributed by atoms with Crippen molar-refractivity contribution in [1.82, 2.24) is 29.9 Å². The van der Waals surface area contributed by atoms with Crippen molar-refractivity contribution in [3.05, 3.63) is 403 Å². The van der Waals surface area contributed by atoms with Gasteiger partial charge in [0.1, 0.15) is 11.2 Å². The van der Waals surface area contributed by atoms with Crippen molar-refractivity contribution in [2.24, 2.45) is 0 Å². The van der Waals surface area contributed by atoms with Crippen LogP contribution in [0.2, 0.25) is 0 Å². The van der Waals surface area contributed by atoms with Gasteiger partial charge in [-0.2, -0.15) is 0 Å². The van der Waals surface area contributed by atoms with Gasteiger partial charge in [-0.1, -0.05) is 338 Å². The Morgan fingerprint density at radius 2 is 0.543 bits per heavy atom. The Labute approximate surface area is 818 Å². The number of hydrogen-bond donors (Lipinski definition) is 0. The molecule has 0 fully saturated rings. The van der Waals surface area contributed by atoms with Crippen LogP contribution in [0.5, 0.6) is 0 Å². The fourth-order valence-electron chi connectivity index (χ4n) is 22.2. The first kappa shape index (κ1) is 84.9. The van der Waals surface area contributed by atoms with Crippen LogP contribution in [-0.2, 0) is 32.5 Å². The van der Waals surface area contributed by atoms with E-state index < -0.39 is 0 Å². The molecule has 27 rings (SSSR count). The average Bonchev–Trinajstić information content (AvgIpc) is 1.27. The fraction of sp³-hybridized carbons (Fsp3) is 0.143. The normalized spacial score (nSPS) is 14.9. The van der Waals surface area contributed by atoms with Crippen molar-refractivity contribution in [2.45, 2.75) is 116 Å². The number of fused-ring (bicyclic) bond motifs is 26. The first-order valence-electron chi connectivity index (χ1n) is 47.6. The molecule has 12 heteroatoms. The van der Waals surface area contributed by atoms with Crippen molar-refractivity contribution in [1.29, 1.82) is 0 Å². The van der Waals surface area contributed by atoms with E-state index in [9.17, 15) is 0 Å². The summed E-state index contributed by atoms with van der Waals surface area (Å²) in [7, 11) is 0. The number of furan rings is 1. The van der Waals surface area contributed by atoms with E-state index in [-0.39, 0.29) is 32.5 Å². The molecule has 0 bridgehead atoms. The molecule has 8 nitrogen and oxygen atoms in total. The predicted molar refractivity (Wildman–Crippen MR) is 587 cm³/mol. The Morgan fingerprint density at radius 3 is 1.05 bits per heavy atom. The summed E-state index contributed by atoms with van der Waals surface area (Å²) in [5.74, 6) is 3.97. The van der Waals surface area contributed by atoms with Gasteiger partial charge in [-0.3, -0.25) is 0 Å². The van der Waals surface area contributed by atoms with Crippen LogP contribution in [-0.4, -0.2) is 29.9 Å². The first-order chi connectivity index (χ1) is 66.9. The Kier molecular flexibility index (Phi) is 19.7. The zero-order valence-corrected chi connectivity index (χ0v) is 82.2. The molecule has 0 aliphatic heterocycles. The minimum Gasteiger partial charge on any atom is -0.456 e. The zero-order chi connectivity index (χ0) is 93.6. The largest absolute Gasteiger partial charge is 0.456 e. The summed E-state index contributed by atoms with van der Waals surface area (Å²) in [5.41, 5.74) is 26.6. The molecule has 0 radical (unpaired) electrons. The van der Waals surface area contributed by atoms with Crippen LogP contribution in [0.25, 0.3) is 204 Å². The highest BCUT2D eigenvalue weighted by Crippen LogP contribution is 2.62. The monoisotopic (exact) mass is 1850 g/mol. The van der Waals surface area contributed by atoms with Crippen LogP contribution in [0.3, 0.4) is 0 Å². The fourth-order valence-corrected chi connectivity index (χ4v) is 26.6. The standard InChI is InChI=1S/C45H33N3OS.C42H33NS2.C39H31N3S/c1-44(2)32-23-24-37-40(30-16-9-11-20-36(30)50-37)39(32)28-22-21-27(25-33(28)45(44,3)4)42-46-41(26-13-6-5-7-14-26)47-43(48-42)31-17-12-19-35-38(31)29-15-8-10-18-34(29)49-35;1-41(2)35-20-18-27(22-31(35)32-25-40-34(24-36(32)42(41,3)4)30-15-9-11-17-38(30)45-40)43(26-12-6-5-7-13-26)28-19-21-39-33(23-28)29-14-8-10-16-37(29)44-39;1-38(2)29-21-22-32-34(28-17-11-12-18-31(28)43-32)33(29)27-20-19-26(23-30(27)39(38,3)4)37-41-35(24-13-7-5-8-14-24)40-36(42-37)25-15-9-6-10-16-25/h5-25H,1-4H3;5-25H,1-4H3;5-23H,1-4H3. The molecule has 0 saturated heterocycles. The lowest BCUT2D eigenvalue weighted by Gasteiger charge is -2.48. The third-order valence-corrected chi connectivity index (χ3v) is 36.2. The predicted octanol–water partition coefficient (Wildman–Crippen LogP) is 36.0. The van der Waals surface area contributed by atoms with E-state index in [2.05, 4.69) is 373 Å². The van der Waals surface area contributed by atoms with Gasteiger partial charge >= 0.3 is 0 Å². The third-order valence-electron chi connectivity index (χ3n) is 31.6. The van der Waals surface area contributed by atoms with E-state index in [4.69, 9.17) is 34.3 Å². The molecule has 138 heavy (non-hydrogen) atoms. The Morgan fingerprint density at radius 1 is 0.196 bits per heavy atom. The summed E-state index contributed by atoms with van der Waals surface area (Å²) in [6, 6.07) is 133. The van der Waals surface area contributed by atoms with Crippen molar-refractivity contribution in [2.75, 3.05) is 4.90 Å². The number of thiophene rings is 4. The molecule has 0 unspecified atom stereocenters. The highest BCUT2D eigenvalue weighted by atomic mass is 32.1. The van der Waals surface area contributed by atoms with Crippen LogP contribution in [0.1, 0.15) is 116 Å². The number of anilines is 3. The van der Waals surface area contributed by atoms with Gasteiger partial charge in [-0.05, 0) is 215 Å². The molecule has 0 atom stereocenters. The molecular weight excluding hydrogens is 1760 g/mol. The molecule has 17 aromatic carbocycles. The Bertz CT molecular complexity index is 9050. The summed E-state index contributed by atoms with van der Waals surface area (Å²) in [6.45, 7) is 28.8. The van der Waals surface area contributed by atoms with Crippen LogP contribution >= 0.6 is 45.3 Å². The summed E-state index contributed by atoms with van der Waals surface area (Å²) >= 11 is 7.53. The summed E-state index contributed by atoms with van der Waals surface area (Å²) in [4.78, 5) is 32.9. The smallest absolute Gasteiger partial charge is 0.164 e. The number of nitrogens with zero attached hydrogens (tertiary/aromatic N) is 7. The third kappa shape index (κ3) is 13.3. The molecule has 3 aliphatic rings. The maximum absolute atomic E-state index is 6.26. The number of hydrogen-bond acceptors (Lipinski definition) is 12. The summed E-state index contributed by atoms with van der Waals surface area (Å²) in [5, 5.41) is 12.8. The van der Waals surface area contributed by atoms with E-state index in [1.165, 1.54) is 159 Å². The molecule has 0 N–H and O–H groups in total. The van der Waals surface area contributed by atoms with Crippen molar-refractivity contribution >= 4 is 165 Å². The minimum atomic E-state index is -0.176. The molecule has 24 aromatic rings. The minimum absolute atomic E-state index is 0.0434.